The summed E-state index contributed by atoms with van der Waals surface area (Å²) in [5.41, 5.74) is 6.72. The van der Waals surface area contributed by atoms with Gasteiger partial charge in [-0.1, -0.05) is 40.0 Å². The van der Waals surface area contributed by atoms with Crippen LogP contribution in [-0.4, -0.2) is 27.1 Å². The maximum Gasteiger partial charge on any atom is 0.275 e. The van der Waals surface area contributed by atoms with Crippen molar-refractivity contribution >= 4 is 64.7 Å². The number of halogens is 4. The van der Waals surface area contributed by atoms with E-state index in [0.717, 1.165) is 0 Å². The highest BCUT2D eigenvalue weighted by Crippen LogP contribution is 2.29. The molecule has 3 rings (SSSR count). The van der Waals surface area contributed by atoms with E-state index in [9.17, 15) is 9.59 Å². The average Bonchev–Trinajstić information content (AvgIpc) is 3.05. The van der Waals surface area contributed by atoms with Gasteiger partial charge in [0, 0.05) is 17.1 Å². The number of nitrogens with one attached hydrogen (secondary N) is 2. The van der Waals surface area contributed by atoms with E-state index in [-0.39, 0.29) is 51.9 Å². The quantitative estimate of drug-likeness (QED) is 0.499. The average molecular weight is 461 g/mol. The van der Waals surface area contributed by atoms with Gasteiger partial charge in [-0.05, 0) is 42.0 Å². The van der Waals surface area contributed by atoms with Gasteiger partial charge in [-0.15, -0.1) is 17.5 Å². The third kappa shape index (κ3) is 4.74. The van der Waals surface area contributed by atoms with Gasteiger partial charge in [0.1, 0.15) is 0 Å². The van der Waals surface area contributed by atoms with Crippen LogP contribution in [0.3, 0.4) is 0 Å². The van der Waals surface area contributed by atoms with Crippen LogP contribution in [0, 0.1) is 0 Å². The first kappa shape index (κ1) is 22.0. The molecule has 0 aliphatic rings. The Kier molecular flexibility index (Phi) is 7.26. The minimum Gasteiger partial charge on any atom is -0.382 e. The number of nitrogens with zero attached hydrogens (tertiary/aromatic N) is 2. The molecule has 0 radical (unpaired) electrons. The Hall–Kier alpha value is -2.32. The molecule has 0 unspecified atom stereocenters. The number of anilines is 1. The molecule has 0 spiro atoms. The van der Waals surface area contributed by atoms with E-state index in [4.69, 9.17) is 40.5 Å². The van der Waals surface area contributed by atoms with Crippen LogP contribution in [-0.2, 0) is 6.54 Å². The van der Waals surface area contributed by atoms with Crippen molar-refractivity contribution in [1.29, 1.82) is 0 Å². The highest BCUT2D eigenvalue weighted by molar-refractivity contribution is 6.41. The summed E-state index contributed by atoms with van der Waals surface area (Å²) < 4.78 is 0. The van der Waals surface area contributed by atoms with E-state index in [1.54, 1.807) is 36.4 Å². The number of ketones is 1. The van der Waals surface area contributed by atoms with E-state index in [1.165, 1.54) is 0 Å². The largest absolute Gasteiger partial charge is 0.382 e. The van der Waals surface area contributed by atoms with E-state index in [0.29, 0.717) is 16.1 Å². The first-order valence-corrected chi connectivity index (χ1v) is 8.73. The monoisotopic (exact) mass is 459 g/mol. The summed E-state index contributed by atoms with van der Waals surface area (Å²) in [6.45, 7) is 0.111. The minimum absolute atomic E-state index is 0. The molecule has 0 fully saturated rings. The normalized spacial score (nSPS) is 10.2. The summed E-state index contributed by atoms with van der Waals surface area (Å²) in [7, 11) is 0. The van der Waals surface area contributed by atoms with Crippen molar-refractivity contribution in [2.24, 2.45) is 0 Å². The SMILES string of the molecule is Cl.Nc1[nH]nnc1C(=O)NCc1cc(Cl)c(C(=O)c2ccc(Cl)cc2)c(Cl)c1. The molecule has 0 aliphatic carbocycles. The standard InChI is InChI=1S/C17H12Cl3N5O2.ClH/c18-10-3-1-9(2-4-10)15(26)13-11(19)5-8(6-12(13)20)7-22-17(27)14-16(21)24-25-23-14;/h1-6H,7H2,(H,22,27)(H3,21,23,24,25);1H. The molecular weight excluding hydrogens is 448 g/mol. The van der Waals surface area contributed by atoms with Crippen LogP contribution in [0.15, 0.2) is 36.4 Å². The second-order valence-corrected chi connectivity index (χ2v) is 6.78. The molecule has 11 heteroatoms. The Morgan fingerprint density at radius 2 is 1.68 bits per heavy atom. The van der Waals surface area contributed by atoms with Gasteiger partial charge in [0.05, 0.1) is 15.6 Å². The smallest absolute Gasteiger partial charge is 0.275 e. The van der Waals surface area contributed by atoms with Gasteiger partial charge in [0.15, 0.2) is 17.3 Å². The van der Waals surface area contributed by atoms with E-state index >= 15 is 0 Å². The van der Waals surface area contributed by atoms with Gasteiger partial charge in [0.2, 0.25) is 0 Å². The molecule has 1 amide bonds. The van der Waals surface area contributed by atoms with E-state index in [2.05, 4.69) is 20.7 Å². The Morgan fingerprint density at radius 3 is 2.21 bits per heavy atom. The van der Waals surface area contributed by atoms with Crippen molar-refractivity contribution in [2.75, 3.05) is 5.73 Å². The third-order valence-corrected chi connectivity index (χ3v) is 4.53. The molecule has 0 saturated carbocycles. The second kappa shape index (κ2) is 9.25. The molecule has 1 aromatic heterocycles. The van der Waals surface area contributed by atoms with Gasteiger partial charge in [-0.25, -0.2) is 5.10 Å². The molecule has 1 heterocycles. The summed E-state index contributed by atoms with van der Waals surface area (Å²) in [5.74, 6) is -0.769. The zero-order valence-electron chi connectivity index (χ0n) is 14.0. The summed E-state index contributed by atoms with van der Waals surface area (Å²) in [4.78, 5) is 24.7. The van der Waals surface area contributed by atoms with Crippen LogP contribution in [0.2, 0.25) is 15.1 Å². The van der Waals surface area contributed by atoms with E-state index < -0.39 is 5.91 Å². The molecule has 4 N–H and O–H groups in total. The number of carbonyl (C=O) groups excluding carboxylic acids is 2. The maximum atomic E-state index is 12.7. The fourth-order valence-corrected chi connectivity index (χ4v) is 3.19. The number of amides is 1. The highest BCUT2D eigenvalue weighted by atomic mass is 35.5. The lowest BCUT2D eigenvalue weighted by atomic mass is 10.0. The zero-order chi connectivity index (χ0) is 19.6. The number of aromatic nitrogens is 3. The molecule has 2 aromatic carbocycles. The van der Waals surface area contributed by atoms with Crippen LogP contribution < -0.4 is 11.1 Å². The lowest BCUT2D eigenvalue weighted by molar-refractivity contribution is 0.0946. The maximum absolute atomic E-state index is 12.7. The molecule has 7 nitrogen and oxygen atoms in total. The molecule has 146 valence electrons. The van der Waals surface area contributed by atoms with Crippen molar-refractivity contribution in [3.05, 3.63) is 73.9 Å². The molecule has 0 aliphatic heterocycles. The van der Waals surface area contributed by atoms with Gasteiger partial charge < -0.3 is 11.1 Å². The van der Waals surface area contributed by atoms with Crippen molar-refractivity contribution in [2.45, 2.75) is 6.54 Å². The Bertz CT molecular complexity index is 998. The lowest BCUT2D eigenvalue weighted by Gasteiger charge is -2.10. The third-order valence-electron chi connectivity index (χ3n) is 3.68. The molecule has 3 aromatic rings. The second-order valence-electron chi connectivity index (χ2n) is 5.53. The number of hydrogen-bond donors (Lipinski definition) is 3. The molecular formula is C17H13Cl4N5O2. The van der Waals surface area contributed by atoms with Crippen molar-refractivity contribution in [1.82, 2.24) is 20.7 Å². The first-order chi connectivity index (χ1) is 12.9. The fourth-order valence-electron chi connectivity index (χ4n) is 2.36. The highest BCUT2D eigenvalue weighted by Gasteiger charge is 2.19. The van der Waals surface area contributed by atoms with Crippen LogP contribution in [0.5, 0.6) is 0 Å². The van der Waals surface area contributed by atoms with Crippen molar-refractivity contribution < 1.29 is 9.59 Å². The van der Waals surface area contributed by atoms with Gasteiger partial charge >= 0.3 is 0 Å². The number of nitrogen functional groups attached to an aromatic ring is 1. The predicted octanol–water partition coefficient (Wildman–Crippen LogP) is 3.93. The van der Waals surface area contributed by atoms with Crippen LogP contribution >= 0.6 is 47.2 Å². The van der Waals surface area contributed by atoms with Crippen LogP contribution in [0.1, 0.15) is 32.0 Å². The summed E-state index contributed by atoms with van der Waals surface area (Å²) in [6.07, 6.45) is 0. The number of carbonyl (C=O) groups is 2. The summed E-state index contributed by atoms with van der Waals surface area (Å²) in [5, 5.41) is 12.9. The van der Waals surface area contributed by atoms with Crippen LogP contribution in [0.25, 0.3) is 0 Å². The van der Waals surface area contributed by atoms with Gasteiger partial charge in [0.25, 0.3) is 5.91 Å². The topological polar surface area (TPSA) is 114 Å². The summed E-state index contributed by atoms with van der Waals surface area (Å²) in [6, 6.07) is 9.51. The van der Waals surface area contributed by atoms with Gasteiger partial charge in [-0.3, -0.25) is 9.59 Å². The molecule has 0 saturated heterocycles. The Balaban J connectivity index is 0.00000280. The fraction of sp³-hybridized carbons (Fsp3) is 0.0588. The lowest BCUT2D eigenvalue weighted by Crippen LogP contribution is -2.24. The van der Waals surface area contributed by atoms with Gasteiger partial charge in [-0.2, -0.15) is 0 Å². The molecule has 0 bridgehead atoms. The van der Waals surface area contributed by atoms with Crippen molar-refractivity contribution in [3.8, 4) is 0 Å². The first-order valence-electron chi connectivity index (χ1n) is 7.59. The Labute approximate surface area is 181 Å². The van der Waals surface area contributed by atoms with Crippen molar-refractivity contribution in [3.63, 3.8) is 0 Å². The summed E-state index contributed by atoms with van der Waals surface area (Å²) >= 11 is 18.4. The van der Waals surface area contributed by atoms with E-state index in [1.807, 2.05) is 0 Å². The zero-order valence-corrected chi connectivity index (χ0v) is 17.1. The number of hydrogen-bond acceptors (Lipinski definition) is 5. The number of aromatic amines is 1. The number of nitrogens with two attached hydrogens (primary N) is 1. The van der Waals surface area contributed by atoms with Crippen LogP contribution in [0.4, 0.5) is 5.82 Å². The molecule has 28 heavy (non-hydrogen) atoms. The predicted molar refractivity (Wildman–Crippen MR) is 111 cm³/mol. The minimum atomic E-state index is -0.505. The Morgan fingerprint density at radius 1 is 1.07 bits per heavy atom. The number of benzene rings is 2. The number of rotatable bonds is 5. The molecule has 0 atom stereocenters. The number of H-pyrrole nitrogens is 1.